The molecule has 0 spiro atoms. The molecule has 2 aliphatic rings. The summed E-state index contributed by atoms with van der Waals surface area (Å²) < 4.78 is 17.2. The zero-order valence-corrected chi connectivity index (χ0v) is 18.1. The van der Waals surface area contributed by atoms with Crippen molar-refractivity contribution < 1.29 is 19.0 Å². The van der Waals surface area contributed by atoms with Crippen molar-refractivity contribution in [3.63, 3.8) is 0 Å². The van der Waals surface area contributed by atoms with Gasteiger partial charge in [-0.05, 0) is 37.1 Å². The Morgan fingerprint density at radius 1 is 1.27 bits per heavy atom. The first-order valence-corrected chi connectivity index (χ1v) is 10.8. The van der Waals surface area contributed by atoms with E-state index in [4.69, 9.17) is 25.8 Å². The lowest BCUT2D eigenvalue weighted by Gasteiger charge is -2.36. The largest absolute Gasteiger partial charge is 0.477 e. The summed E-state index contributed by atoms with van der Waals surface area (Å²) in [4.78, 5) is 15.0. The molecule has 0 bridgehead atoms. The molecule has 0 fully saturated rings. The molecular formula is C23H27ClN2O4. The molecule has 1 unspecified atom stereocenters. The van der Waals surface area contributed by atoms with Gasteiger partial charge in [-0.2, -0.15) is 0 Å². The van der Waals surface area contributed by atoms with Crippen molar-refractivity contribution in [1.82, 2.24) is 5.32 Å². The molecule has 0 saturated heterocycles. The van der Waals surface area contributed by atoms with E-state index >= 15 is 0 Å². The van der Waals surface area contributed by atoms with E-state index in [-0.39, 0.29) is 18.7 Å². The second-order valence-electron chi connectivity index (χ2n) is 7.64. The molecule has 2 aromatic rings. The van der Waals surface area contributed by atoms with E-state index in [1.54, 1.807) is 0 Å². The van der Waals surface area contributed by atoms with E-state index in [1.807, 2.05) is 36.4 Å². The monoisotopic (exact) mass is 430 g/mol. The Bertz CT molecular complexity index is 916. The van der Waals surface area contributed by atoms with Gasteiger partial charge < -0.3 is 24.4 Å². The van der Waals surface area contributed by atoms with E-state index < -0.39 is 6.10 Å². The number of fused-ring (bicyclic) bond motifs is 2. The maximum atomic E-state index is 12.9. The Labute approximate surface area is 182 Å². The summed E-state index contributed by atoms with van der Waals surface area (Å²) in [6, 6.07) is 11.7. The van der Waals surface area contributed by atoms with Gasteiger partial charge in [-0.25, -0.2) is 0 Å². The molecule has 0 aliphatic carbocycles. The van der Waals surface area contributed by atoms with Crippen molar-refractivity contribution in [3.05, 3.63) is 52.5 Å². The summed E-state index contributed by atoms with van der Waals surface area (Å²) >= 11 is 6.35. The second-order valence-corrected chi connectivity index (χ2v) is 8.08. The Hall–Kier alpha value is -2.44. The fraction of sp³-hybridized carbons (Fsp3) is 0.435. The maximum Gasteiger partial charge on any atom is 0.263 e. The number of nitrogens with one attached hydrogen (secondary N) is 1. The molecule has 0 saturated carbocycles. The number of amides is 1. The van der Waals surface area contributed by atoms with E-state index in [9.17, 15) is 4.79 Å². The van der Waals surface area contributed by atoms with E-state index in [2.05, 4.69) is 24.1 Å². The molecule has 2 aliphatic heterocycles. The highest BCUT2D eigenvalue weighted by atomic mass is 35.5. The van der Waals surface area contributed by atoms with Crippen molar-refractivity contribution in [3.8, 4) is 11.5 Å². The first-order valence-electron chi connectivity index (χ1n) is 10.4. The minimum atomic E-state index is -0.584. The predicted octanol–water partition coefficient (Wildman–Crippen LogP) is 4.28. The molecule has 0 radical (unpaired) electrons. The van der Waals surface area contributed by atoms with Crippen LogP contribution in [-0.2, 0) is 22.7 Å². The third-order valence-corrected chi connectivity index (χ3v) is 5.82. The number of rotatable bonds is 6. The number of carbonyl (C=O) groups is 1. The van der Waals surface area contributed by atoms with Crippen LogP contribution in [0.4, 0.5) is 5.69 Å². The summed E-state index contributed by atoms with van der Waals surface area (Å²) in [6.07, 6.45) is 1.20. The van der Waals surface area contributed by atoms with Crippen molar-refractivity contribution in [2.75, 3.05) is 18.2 Å². The standard InChI is InChI=1S/C23H27ClN2O4/c1-3-18(4-2)25-23(27)21-12-26(19-7-5-6-8-20(19)30-21)11-15-9-17(24)10-16-13-28-14-29-22(15)16/h5-10,18,21H,3-4,11-14H2,1-2H3,(H,25,27). The fourth-order valence-corrected chi connectivity index (χ4v) is 4.22. The van der Waals surface area contributed by atoms with Gasteiger partial charge in [0.05, 0.1) is 18.8 Å². The minimum absolute atomic E-state index is 0.0824. The predicted molar refractivity (Wildman–Crippen MR) is 116 cm³/mol. The van der Waals surface area contributed by atoms with Crippen LogP contribution < -0.4 is 19.7 Å². The van der Waals surface area contributed by atoms with Crippen LogP contribution in [-0.4, -0.2) is 31.4 Å². The van der Waals surface area contributed by atoms with Crippen LogP contribution in [0.3, 0.4) is 0 Å². The van der Waals surface area contributed by atoms with Crippen LogP contribution in [0.25, 0.3) is 0 Å². The number of hydrogen-bond donors (Lipinski definition) is 1. The summed E-state index contributed by atoms with van der Waals surface area (Å²) in [6.45, 7) is 5.84. The number of halogens is 1. The van der Waals surface area contributed by atoms with Crippen LogP contribution in [0.5, 0.6) is 11.5 Å². The van der Waals surface area contributed by atoms with E-state index in [1.165, 1.54) is 0 Å². The Kier molecular flexibility index (Phi) is 6.35. The van der Waals surface area contributed by atoms with Gasteiger partial charge in [-0.3, -0.25) is 4.79 Å². The van der Waals surface area contributed by atoms with E-state index in [0.717, 1.165) is 35.4 Å². The van der Waals surface area contributed by atoms with Crippen LogP contribution in [0.2, 0.25) is 5.02 Å². The van der Waals surface area contributed by atoms with Gasteiger partial charge >= 0.3 is 0 Å². The molecule has 1 N–H and O–H groups in total. The molecule has 30 heavy (non-hydrogen) atoms. The summed E-state index contributed by atoms with van der Waals surface area (Å²) in [5.74, 6) is 1.43. The fourth-order valence-electron chi connectivity index (χ4n) is 3.96. The smallest absolute Gasteiger partial charge is 0.263 e. The van der Waals surface area contributed by atoms with Gasteiger partial charge in [-0.1, -0.05) is 37.6 Å². The van der Waals surface area contributed by atoms with Gasteiger partial charge in [0.25, 0.3) is 5.91 Å². The van der Waals surface area contributed by atoms with Crippen molar-refractivity contribution in [2.24, 2.45) is 0 Å². The Morgan fingerprint density at radius 2 is 2.07 bits per heavy atom. The van der Waals surface area contributed by atoms with Crippen LogP contribution >= 0.6 is 11.6 Å². The molecule has 1 atom stereocenters. The highest BCUT2D eigenvalue weighted by molar-refractivity contribution is 6.30. The number of anilines is 1. The van der Waals surface area contributed by atoms with Gasteiger partial charge in [-0.15, -0.1) is 0 Å². The Morgan fingerprint density at radius 3 is 2.87 bits per heavy atom. The average molecular weight is 431 g/mol. The lowest BCUT2D eigenvalue weighted by molar-refractivity contribution is -0.128. The van der Waals surface area contributed by atoms with Gasteiger partial charge in [0.15, 0.2) is 12.9 Å². The quantitative estimate of drug-likeness (QED) is 0.741. The first kappa shape index (κ1) is 20.8. The van der Waals surface area contributed by atoms with Crippen LogP contribution in [0, 0.1) is 0 Å². The zero-order valence-electron chi connectivity index (χ0n) is 17.3. The second kappa shape index (κ2) is 9.14. The summed E-state index contributed by atoms with van der Waals surface area (Å²) in [7, 11) is 0. The topological polar surface area (TPSA) is 60.0 Å². The average Bonchev–Trinajstić information content (AvgIpc) is 2.77. The van der Waals surface area contributed by atoms with Crippen molar-refractivity contribution in [1.29, 1.82) is 0 Å². The SMILES string of the molecule is CCC(CC)NC(=O)C1CN(Cc2cc(Cl)cc3c2OCOC3)c2ccccc2O1. The number of benzene rings is 2. The molecule has 2 heterocycles. The molecule has 1 amide bonds. The molecule has 6 nitrogen and oxygen atoms in total. The van der Waals surface area contributed by atoms with Crippen molar-refractivity contribution >= 4 is 23.2 Å². The Balaban J connectivity index is 1.61. The number of nitrogens with zero attached hydrogens (tertiary/aromatic N) is 1. The van der Waals surface area contributed by atoms with E-state index in [0.29, 0.717) is 30.5 Å². The summed E-state index contributed by atoms with van der Waals surface area (Å²) in [5, 5.41) is 3.75. The third kappa shape index (κ3) is 4.35. The van der Waals surface area contributed by atoms with Gasteiger partial charge in [0.2, 0.25) is 0 Å². The third-order valence-electron chi connectivity index (χ3n) is 5.60. The molecule has 160 valence electrons. The first-order chi connectivity index (χ1) is 14.6. The maximum absolute atomic E-state index is 12.9. The molecule has 4 rings (SSSR count). The normalized spacial score (nSPS) is 17.6. The van der Waals surface area contributed by atoms with Gasteiger partial charge in [0, 0.05) is 28.7 Å². The zero-order chi connectivity index (χ0) is 21.1. The number of para-hydroxylation sites is 2. The van der Waals surface area contributed by atoms with Crippen LogP contribution in [0.1, 0.15) is 37.8 Å². The lowest BCUT2D eigenvalue weighted by atomic mass is 10.1. The number of hydrogen-bond acceptors (Lipinski definition) is 5. The van der Waals surface area contributed by atoms with Crippen LogP contribution in [0.15, 0.2) is 36.4 Å². The number of carbonyl (C=O) groups excluding carboxylic acids is 1. The molecule has 2 aromatic carbocycles. The summed E-state index contributed by atoms with van der Waals surface area (Å²) in [5.41, 5.74) is 2.86. The van der Waals surface area contributed by atoms with Gasteiger partial charge in [0.1, 0.15) is 11.5 Å². The molecular weight excluding hydrogens is 404 g/mol. The lowest BCUT2D eigenvalue weighted by Crippen LogP contribution is -2.51. The minimum Gasteiger partial charge on any atom is -0.477 e. The highest BCUT2D eigenvalue weighted by Crippen LogP contribution is 2.37. The number of ether oxygens (including phenoxy) is 3. The highest BCUT2D eigenvalue weighted by Gasteiger charge is 2.32. The molecule has 7 heteroatoms. The van der Waals surface area contributed by atoms with Crippen molar-refractivity contribution in [2.45, 2.75) is 52.0 Å². The molecule has 0 aromatic heterocycles.